The molecule has 1 amide bonds. The predicted octanol–water partition coefficient (Wildman–Crippen LogP) is 2.01. The van der Waals surface area contributed by atoms with Crippen molar-refractivity contribution in [2.45, 2.75) is 24.5 Å². The molecule has 132 valence electrons. The van der Waals surface area contributed by atoms with Gasteiger partial charge >= 0.3 is 0 Å². The number of likely N-dealkylation sites (tertiary alicyclic amines) is 1. The van der Waals surface area contributed by atoms with Gasteiger partial charge in [-0.25, -0.2) is 8.42 Å². The number of H-pyrrole nitrogens is 1. The first kappa shape index (κ1) is 16.2. The number of benzene rings is 1. The number of carbonyl (C=O) groups is 1. The monoisotopic (exact) mass is 359 g/mol. The highest BCUT2D eigenvalue weighted by atomic mass is 32.2. The van der Waals surface area contributed by atoms with Crippen molar-refractivity contribution in [1.29, 1.82) is 0 Å². The topological polar surface area (TPSA) is 73.5 Å². The Kier molecular flexibility index (Phi) is 4.03. The number of carbonyl (C=O) groups excluding carboxylic acids is 1. The standard InChI is InChI=1S/C18H21N3O3S/c22-18(16-7-3-10-19-16)20-11-4-6-15(13-20)25(23,24)21-12-9-14-5-1-2-8-17(14)21/h1-3,5,7-8,10,15,19H,4,6,9,11-13H2/t15-/m0/s1. The molecule has 1 N–H and O–H groups in total. The number of fused-ring (bicyclic) bond motifs is 1. The largest absolute Gasteiger partial charge is 0.357 e. The molecule has 1 saturated heterocycles. The van der Waals surface area contributed by atoms with E-state index in [0.717, 1.165) is 17.7 Å². The average molecular weight is 359 g/mol. The SMILES string of the molecule is O=C(c1ccc[nH]1)N1CCC[C@H](S(=O)(=O)N2CCc3ccccc32)C1. The number of anilines is 1. The Morgan fingerprint density at radius 3 is 2.76 bits per heavy atom. The summed E-state index contributed by atoms with van der Waals surface area (Å²) in [5.41, 5.74) is 2.36. The van der Waals surface area contributed by atoms with Gasteiger partial charge in [-0.15, -0.1) is 0 Å². The van der Waals surface area contributed by atoms with E-state index in [4.69, 9.17) is 0 Å². The minimum Gasteiger partial charge on any atom is -0.357 e. The third-order valence-electron chi connectivity index (χ3n) is 5.07. The summed E-state index contributed by atoms with van der Waals surface area (Å²) in [5.74, 6) is -0.133. The number of sulfonamides is 1. The average Bonchev–Trinajstić information content (AvgIpc) is 3.31. The third-order valence-corrected chi connectivity index (χ3v) is 7.29. The number of aromatic amines is 1. The van der Waals surface area contributed by atoms with Gasteiger partial charge < -0.3 is 9.88 Å². The summed E-state index contributed by atoms with van der Waals surface area (Å²) in [6, 6.07) is 11.1. The Labute approximate surface area is 147 Å². The highest BCUT2D eigenvalue weighted by molar-refractivity contribution is 7.93. The first-order valence-electron chi connectivity index (χ1n) is 8.59. The second kappa shape index (κ2) is 6.22. The van der Waals surface area contributed by atoms with E-state index in [1.807, 2.05) is 24.3 Å². The summed E-state index contributed by atoms with van der Waals surface area (Å²) < 4.78 is 27.9. The molecule has 2 aromatic rings. The fraction of sp³-hybridized carbons (Fsp3) is 0.389. The van der Waals surface area contributed by atoms with Crippen LogP contribution in [-0.4, -0.2) is 49.1 Å². The summed E-state index contributed by atoms with van der Waals surface area (Å²) in [5, 5.41) is -0.550. The Bertz CT molecular complexity index is 877. The lowest BCUT2D eigenvalue weighted by Gasteiger charge is -2.34. The van der Waals surface area contributed by atoms with Gasteiger partial charge in [0, 0.05) is 25.8 Å². The van der Waals surface area contributed by atoms with Gasteiger partial charge in [0.25, 0.3) is 5.91 Å². The van der Waals surface area contributed by atoms with E-state index in [1.165, 1.54) is 4.31 Å². The van der Waals surface area contributed by atoms with Crippen LogP contribution in [0.4, 0.5) is 5.69 Å². The lowest BCUT2D eigenvalue weighted by Crippen LogP contribution is -2.49. The molecule has 0 aliphatic carbocycles. The zero-order chi connectivity index (χ0) is 17.4. The lowest BCUT2D eigenvalue weighted by molar-refractivity contribution is 0.0721. The Morgan fingerprint density at radius 2 is 1.96 bits per heavy atom. The molecule has 1 aromatic heterocycles. The van der Waals surface area contributed by atoms with Crippen LogP contribution in [-0.2, 0) is 16.4 Å². The quantitative estimate of drug-likeness (QED) is 0.911. The van der Waals surface area contributed by atoms with Crippen LogP contribution in [0, 0.1) is 0 Å². The van der Waals surface area contributed by atoms with E-state index in [0.29, 0.717) is 31.6 Å². The Morgan fingerprint density at radius 1 is 1.12 bits per heavy atom. The first-order chi connectivity index (χ1) is 12.1. The molecule has 0 spiro atoms. The molecule has 0 saturated carbocycles. The van der Waals surface area contributed by atoms with Crippen LogP contribution in [0.5, 0.6) is 0 Å². The van der Waals surface area contributed by atoms with E-state index in [9.17, 15) is 13.2 Å². The first-order valence-corrected chi connectivity index (χ1v) is 10.1. The minimum absolute atomic E-state index is 0.133. The second-order valence-corrected chi connectivity index (χ2v) is 8.73. The smallest absolute Gasteiger partial charge is 0.270 e. The van der Waals surface area contributed by atoms with E-state index in [2.05, 4.69) is 4.98 Å². The summed E-state index contributed by atoms with van der Waals surface area (Å²) in [7, 11) is -3.48. The Balaban J connectivity index is 1.56. The minimum atomic E-state index is -3.48. The van der Waals surface area contributed by atoms with Gasteiger partial charge in [-0.05, 0) is 43.0 Å². The normalized spacial score (nSPS) is 20.6. The Hall–Kier alpha value is -2.28. The van der Waals surface area contributed by atoms with E-state index in [1.54, 1.807) is 23.2 Å². The second-order valence-electron chi connectivity index (χ2n) is 6.59. The molecular formula is C18H21N3O3S. The number of aromatic nitrogens is 1. The number of nitrogens with one attached hydrogen (secondary N) is 1. The summed E-state index contributed by atoms with van der Waals surface area (Å²) in [4.78, 5) is 17.1. The maximum Gasteiger partial charge on any atom is 0.270 e. The van der Waals surface area contributed by atoms with Crippen LogP contribution >= 0.6 is 0 Å². The van der Waals surface area contributed by atoms with Crippen molar-refractivity contribution in [3.05, 3.63) is 53.9 Å². The fourth-order valence-corrected chi connectivity index (χ4v) is 5.74. The van der Waals surface area contributed by atoms with Gasteiger partial charge in [-0.2, -0.15) is 0 Å². The lowest BCUT2D eigenvalue weighted by atomic mass is 10.1. The van der Waals surface area contributed by atoms with Gasteiger partial charge in [-0.1, -0.05) is 18.2 Å². The zero-order valence-electron chi connectivity index (χ0n) is 13.9. The van der Waals surface area contributed by atoms with Gasteiger partial charge in [0.2, 0.25) is 10.0 Å². The highest BCUT2D eigenvalue weighted by Crippen LogP contribution is 2.33. The van der Waals surface area contributed by atoms with Crippen LogP contribution < -0.4 is 4.31 Å². The van der Waals surface area contributed by atoms with Crippen LogP contribution in [0.25, 0.3) is 0 Å². The molecule has 0 unspecified atom stereocenters. The van der Waals surface area contributed by atoms with E-state index < -0.39 is 15.3 Å². The van der Waals surface area contributed by atoms with Crippen LogP contribution in [0.3, 0.4) is 0 Å². The fourth-order valence-electron chi connectivity index (χ4n) is 3.75. The number of piperidine rings is 1. The molecule has 2 aliphatic heterocycles. The molecule has 1 atom stereocenters. The van der Waals surface area contributed by atoms with Crippen LogP contribution in [0.15, 0.2) is 42.6 Å². The van der Waals surface area contributed by atoms with Crippen molar-refractivity contribution >= 4 is 21.6 Å². The maximum atomic E-state index is 13.2. The molecule has 7 heteroatoms. The summed E-state index contributed by atoms with van der Waals surface area (Å²) in [6.07, 6.45) is 3.74. The molecular weight excluding hydrogens is 338 g/mol. The maximum absolute atomic E-state index is 13.2. The van der Waals surface area contributed by atoms with E-state index in [-0.39, 0.29) is 12.5 Å². The van der Waals surface area contributed by atoms with E-state index >= 15 is 0 Å². The highest BCUT2D eigenvalue weighted by Gasteiger charge is 2.39. The van der Waals surface area contributed by atoms with Gasteiger partial charge in [0.05, 0.1) is 10.9 Å². The summed E-state index contributed by atoms with van der Waals surface area (Å²) >= 11 is 0. The predicted molar refractivity (Wildman–Crippen MR) is 96.1 cm³/mol. The molecule has 4 rings (SSSR count). The van der Waals surface area contributed by atoms with Crippen molar-refractivity contribution in [2.75, 3.05) is 23.9 Å². The number of amides is 1. The molecule has 1 fully saturated rings. The number of hydrogen-bond donors (Lipinski definition) is 1. The third kappa shape index (κ3) is 2.82. The number of para-hydroxylation sites is 1. The number of nitrogens with zero attached hydrogens (tertiary/aromatic N) is 2. The van der Waals surface area contributed by atoms with Crippen molar-refractivity contribution < 1.29 is 13.2 Å². The van der Waals surface area contributed by atoms with Gasteiger partial charge in [-0.3, -0.25) is 9.10 Å². The van der Waals surface area contributed by atoms with Crippen molar-refractivity contribution in [2.24, 2.45) is 0 Å². The zero-order valence-corrected chi connectivity index (χ0v) is 14.7. The number of rotatable bonds is 3. The molecule has 0 radical (unpaired) electrons. The molecule has 1 aromatic carbocycles. The molecule has 25 heavy (non-hydrogen) atoms. The molecule has 2 aliphatic rings. The number of hydrogen-bond acceptors (Lipinski definition) is 3. The summed E-state index contributed by atoms with van der Waals surface area (Å²) in [6.45, 7) is 1.34. The molecule has 3 heterocycles. The van der Waals surface area contributed by atoms with Crippen LogP contribution in [0.1, 0.15) is 28.9 Å². The molecule has 6 nitrogen and oxygen atoms in total. The van der Waals surface area contributed by atoms with Gasteiger partial charge in [0.1, 0.15) is 5.69 Å². The van der Waals surface area contributed by atoms with Gasteiger partial charge in [0.15, 0.2) is 0 Å². The van der Waals surface area contributed by atoms with Crippen molar-refractivity contribution in [3.63, 3.8) is 0 Å². The van der Waals surface area contributed by atoms with Crippen molar-refractivity contribution in [3.8, 4) is 0 Å². The van der Waals surface area contributed by atoms with Crippen molar-refractivity contribution in [1.82, 2.24) is 9.88 Å². The van der Waals surface area contributed by atoms with Crippen LogP contribution in [0.2, 0.25) is 0 Å². The molecule has 0 bridgehead atoms.